The van der Waals surface area contributed by atoms with Crippen LogP contribution in [0, 0.1) is 0 Å². The largest absolute Gasteiger partial charge is 0.493 e. The summed E-state index contributed by atoms with van der Waals surface area (Å²) in [4.78, 5) is 11.4. The van der Waals surface area contributed by atoms with Gasteiger partial charge in [0, 0.05) is 4.47 Å². The third-order valence-electron chi connectivity index (χ3n) is 2.84. The maximum atomic E-state index is 11.4. The molecule has 0 aliphatic heterocycles. The van der Waals surface area contributed by atoms with Gasteiger partial charge in [-0.05, 0) is 35.9 Å². The first kappa shape index (κ1) is 15.3. The van der Waals surface area contributed by atoms with E-state index in [-0.39, 0.29) is 12.2 Å². The minimum Gasteiger partial charge on any atom is -0.493 e. The molecule has 0 fully saturated rings. The lowest BCUT2D eigenvalue weighted by Gasteiger charge is -2.13. The summed E-state index contributed by atoms with van der Waals surface area (Å²) in [6.45, 7) is -0.0972. The van der Waals surface area contributed by atoms with Crippen molar-refractivity contribution in [3.63, 3.8) is 0 Å². The second-order valence-corrected chi connectivity index (χ2v) is 5.17. The molecule has 0 saturated heterocycles. The van der Waals surface area contributed by atoms with E-state index in [0.29, 0.717) is 22.8 Å². The first-order valence-corrected chi connectivity index (χ1v) is 6.89. The van der Waals surface area contributed by atoms with Crippen molar-refractivity contribution < 1.29 is 19.4 Å². The third kappa shape index (κ3) is 3.53. The number of methoxy groups -OCH3 is 1. The van der Waals surface area contributed by atoms with Crippen molar-refractivity contribution in [1.82, 2.24) is 0 Å². The maximum Gasteiger partial charge on any atom is 0.252 e. The minimum atomic E-state index is -0.580. The topological polar surface area (TPSA) is 81.8 Å². The number of aliphatic hydroxyl groups is 1. The Labute approximate surface area is 130 Å². The lowest BCUT2D eigenvalue weighted by Crippen LogP contribution is -2.12. The molecule has 1 amide bonds. The molecule has 3 N–H and O–H groups in total. The van der Waals surface area contributed by atoms with Crippen LogP contribution in [-0.2, 0) is 6.61 Å². The molecule has 0 heterocycles. The molecule has 0 aliphatic rings. The number of carbonyl (C=O) groups excluding carboxylic acids is 1. The number of ether oxygens (including phenoxy) is 2. The van der Waals surface area contributed by atoms with E-state index in [1.807, 2.05) is 0 Å². The van der Waals surface area contributed by atoms with Gasteiger partial charge >= 0.3 is 0 Å². The number of carbonyl (C=O) groups is 1. The molecule has 0 bridgehead atoms. The number of aliphatic hydroxyl groups excluding tert-OH is 1. The van der Waals surface area contributed by atoms with Crippen molar-refractivity contribution in [3.05, 3.63) is 52.0 Å². The number of primary amides is 1. The highest BCUT2D eigenvalue weighted by Gasteiger charge is 2.13. The van der Waals surface area contributed by atoms with Gasteiger partial charge in [0.2, 0.25) is 0 Å². The van der Waals surface area contributed by atoms with Crippen LogP contribution in [0.5, 0.6) is 17.2 Å². The van der Waals surface area contributed by atoms with Gasteiger partial charge in [0.25, 0.3) is 5.91 Å². The first-order chi connectivity index (χ1) is 10.0. The summed E-state index contributed by atoms with van der Waals surface area (Å²) in [6.07, 6.45) is 0. The summed E-state index contributed by atoms with van der Waals surface area (Å²) in [5, 5.41) is 9.13. The molecule has 2 aromatic rings. The van der Waals surface area contributed by atoms with Crippen molar-refractivity contribution in [1.29, 1.82) is 0 Å². The molecule has 2 rings (SSSR count). The fraction of sp³-hybridized carbons (Fsp3) is 0.133. The minimum absolute atomic E-state index is 0.0972. The van der Waals surface area contributed by atoms with E-state index in [2.05, 4.69) is 15.9 Å². The predicted octanol–water partition coefficient (Wildman–Crippen LogP) is 2.84. The summed E-state index contributed by atoms with van der Waals surface area (Å²) >= 11 is 3.32. The van der Waals surface area contributed by atoms with Gasteiger partial charge in [-0.15, -0.1) is 0 Å². The Balaban J connectivity index is 2.42. The number of benzene rings is 2. The Morgan fingerprint density at radius 3 is 2.57 bits per heavy atom. The standard InChI is InChI=1S/C15H14BrNO4/c1-20-14-6-9(8-18)2-5-12(14)21-13-7-10(16)3-4-11(13)15(17)19/h2-7,18H,8H2,1H3,(H2,17,19). The highest BCUT2D eigenvalue weighted by Crippen LogP contribution is 2.35. The van der Waals surface area contributed by atoms with Crippen molar-refractivity contribution in [2.24, 2.45) is 5.73 Å². The Morgan fingerprint density at radius 1 is 1.19 bits per heavy atom. The van der Waals surface area contributed by atoms with Gasteiger partial charge in [0.15, 0.2) is 11.5 Å². The summed E-state index contributed by atoms with van der Waals surface area (Å²) in [5.74, 6) is 0.627. The van der Waals surface area contributed by atoms with Gasteiger partial charge in [0.1, 0.15) is 5.75 Å². The lowest BCUT2D eigenvalue weighted by molar-refractivity contribution is 0.0998. The molecular weight excluding hydrogens is 338 g/mol. The van der Waals surface area contributed by atoms with Gasteiger partial charge < -0.3 is 20.3 Å². The Kier molecular flexibility index (Phi) is 4.82. The highest BCUT2D eigenvalue weighted by molar-refractivity contribution is 9.10. The zero-order valence-electron chi connectivity index (χ0n) is 11.3. The first-order valence-electron chi connectivity index (χ1n) is 6.10. The van der Waals surface area contributed by atoms with Crippen LogP contribution in [-0.4, -0.2) is 18.1 Å². The number of hydrogen-bond acceptors (Lipinski definition) is 4. The number of amides is 1. The summed E-state index contributed by atoms with van der Waals surface area (Å²) in [7, 11) is 1.50. The summed E-state index contributed by atoms with van der Waals surface area (Å²) < 4.78 is 11.7. The van der Waals surface area contributed by atoms with Crippen LogP contribution in [0.4, 0.5) is 0 Å². The monoisotopic (exact) mass is 351 g/mol. The van der Waals surface area contributed by atoms with Gasteiger partial charge in [-0.3, -0.25) is 4.79 Å². The fourth-order valence-corrected chi connectivity index (χ4v) is 2.14. The van der Waals surface area contributed by atoms with Gasteiger partial charge in [-0.25, -0.2) is 0 Å². The van der Waals surface area contributed by atoms with Gasteiger partial charge in [-0.2, -0.15) is 0 Å². The Morgan fingerprint density at radius 2 is 1.95 bits per heavy atom. The number of rotatable bonds is 5. The average molecular weight is 352 g/mol. The van der Waals surface area contributed by atoms with E-state index < -0.39 is 5.91 Å². The summed E-state index contributed by atoms with van der Waals surface area (Å²) in [6, 6.07) is 9.97. The second-order valence-electron chi connectivity index (χ2n) is 4.25. The SMILES string of the molecule is COc1cc(CO)ccc1Oc1cc(Br)ccc1C(N)=O. The quantitative estimate of drug-likeness (QED) is 0.867. The number of halogens is 1. The van der Waals surface area contributed by atoms with Gasteiger partial charge in [-0.1, -0.05) is 22.0 Å². The molecule has 5 nitrogen and oxygen atoms in total. The third-order valence-corrected chi connectivity index (χ3v) is 3.33. The molecule has 6 heteroatoms. The molecule has 0 spiro atoms. The van der Waals surface area contributed by atoms with E-state index in [4.69, 9.17) is 20.3 Å². The lowest BCUT2D eigenvalue weighted by atomic mass is 10.2. The highest BCUT2D eigenvalue weighted by atomic mass is 79.9. The molecule has 21 heavy (non-hydrogen) atoms. The fourth-order valence-electron chi connectivity index (χ4n) is 1.80. The molecule has 0 atom stereocenters. The molecule has 0 aliphatic carbocycles. The van der Waals surface area contributed by atoms with Crippen LogP contribution >= 0.6 is 15.9 Å². The smallest absolute Gasteiger partial charge is 0.252 e. The molecule has 110 valence electrons. The molecule has 0 saturated carbocycles. The van der Waals surface area contributed by atoms with E-state index >= 15 is 0 Å². The summed E-state index contributed by atoms with van der Waals surface area (Å²) in [5.41, 5.74) is 6.30. The maximum absolute atomic E-state index is 11.4. The van der Waals surface area contributed by atoms with E-state index in [1.165, 1.54) is 7.11 Å². The van der Waals surface area contributed by atoms with Crippen molar-refractivity contribution in [2.45, 2.75) is 6.61 Å². The van der Waals surface area contributed by atoms with Crippen molar-refractivity contribution in [2.75, 3.05) is 7.11 Å². The zero-order chi connectivity index (χ0) is 15.4. The average Bonchev–Trinajstić information content (AvgIpc) is 2.47. The molecular formula is C15H14BrNO4. The second kappa shape index (κ2) is 6.60. The normalized spacial score (nSPS) is 10.2. The van der Waals surface area contributed by atoms with Crippen LogP contribution in [0.3, 0.4) is 0 Å². The van der Waals surface area contributed by atoms with Crippen LogP contribution in [0.15, 0.2) is 40.9 Å². The van der Waals surface area contributed by atoms with Crippen molar-refractivity contribution in [3.8, 4) is 17.2 Å². The van der Waals surface area contributed by atoms with Crippen molar-refractivity contribution >= 4 is 21.8 Å². The number of hydrogen-bond donors (Lipinski definition) is 2. The van der Waals surface area contributed by atoms with E-state index in [0.717, 1.165) is 4.47 Å². The molecule has 0 aromatic heterocycles. The Hall–Kier alpha value is -2.05. The van der Waals surface area contributed by atoms with E-state index in [9.17, 15) is 4.79 Å². The van der Waals surface area contributed by atoms with Crippen LogP contribution in [0.25, 0.3) is 0 Å². The zero-order valence-corrected chi connectivity index (χ0v) is 12.9. The number of nitrogens with two attached hydrogens (primary N) is 1. The van der Waals surface area contributed by atoms with Gasteiger partial charge in [0.05, 0.1) is 19.3 Å². The molecule has 0 radical (unpaired) electrons. The van der Waals surface area contributed by atoms with Crippen LogP contribution in [0.2, 0.25) is 0 Å². The predicted molar refractivity (Wildman–Crippen MR) is 81.7 cm³/mol. The molecule has 0 unspecified atom stereocenters. The Bertz CT molecular complexity index is 673. The van der Waals surface area contributed by atoms with E-state index in [1.54, 1.807) is 36.4 Å². The van der Waals surface area contributed by atoms with Crippen LogP contribution in [0.1, 0.15) is 15.9 Å². The molecule has 2 aromatic carbocycles. The van der Waals surface area contributed by atoms with Crippen LogP contribution < -0.4 is 15.2 Å².